The molecule has 0 amide bonds. The molecule has 0 aliphatic heterocycles. The molecule has 1 saturated carbocycles. The topological polar surface area (TPSA) is 24.5 Å². The highest BCUT2D eigenvalue weighted by molar-refractivity contribution is 5.27. The second kappa shape index (κ2) is 7.65. The third kappa shape index (κ3) is 5.14. The maximum absolute atomic E-state index is 5.86. The number of hydrogen-bond donors (Lipinski definition) is 1. The molecule has 0 unspecified atom stereocenters. The molecule has 1 aromatic rings. The molecule has 0 saturated heterocycles. The maximum atomic E-state index is 5.86. The van der Waals surface area contributed by atoms with Crippen molar-refractivity contribution in [1.82, 2.24) is 10.2 Å². The molecule has 1 aliphatic carbocycles. The van der Waals surface area contributed by atoms with Gasteiger partial charge in [-0.25, -0.2) is 0 Å². The van der Waals surface area contributed by atoms with Crippen LogP contribution in [-0.2, 0) is 6.54 Å². The van der Waals surface area contributed by atoms with Crippen LogP contribution in [0.25, 0.3) is 0 Å². The van der Waals surface area contributed by atoms with E-state index < -0.39 is 0 Å². The lowest BCUT2D eigenvalue weighted by Crippen LogP contribution is -2.36. The minimum atomic E-state index is 0.609. The van der Waals surface area contributed by atoms with Gasteiger partial charge in [0.05, 0.1) is 0 Å². The van der Waals surface area contributed by atoms with Gasteiger partial charge < -0.3 is 10.1 Å². The van der Waals surface area contributed by atoms with E-state index in [1.807, 2.05) is 7.05 Å². The Labute approximate surface area is 123 Å². The van der Waals surface area contributed by atoms with Gasteiger partial charge in [-0.2, -0.15) is 0 Å². The van der Waals surface area contributed by atoms with Gasteiger partial charge in [-0.1, -0.05) is 12.1 Å². The van der Waals surface area contributed by atoms with Crippen LogP contribution in [0.1, 0.15) is 32.3 Å². The standard InChI is InChI=1S/C17H28N2O/c1-14(2)19(13-16-4-5-16)10-11-20-17-8-6-15(7-9-17)12-18-3/h6-9,14,16,18H,4-5,10-13H2,1-3H3. The Kier molecular flexibility index (Phi) is 5.86. The summed E-state index contributed by atoms with van der Waals surface area (Å²) in [5, 5.41) is 3.15. The van der Waals surface area contributed by atoms with Crippen LogP contribution in [0.2, 0.25) is 0 Å². The van der Waals surface area contributed by atoms with Crippen LogP contribution in [0, 0.1) is 5.92 Å². The van der Waals surface area contributed by atoms with Crippen molar-refractivity contribution in [1.29, 1.82) is 0 Å². The molecule has 3 heteroatoms. The van der Waals surface area contributed by atoms with E-state index in [9.17, 15) is 0 Å². The van der Waals surface area contributed by atoms with Crippen LogP contribution >= 0.6 is 0 Å². The van der Waals surface area contributed by atoms with Crippen molar-refractivity contribution in [2.24, 2.45) is 5.92 Å². The number of benzene rings is 1. The highest BCUT2D eigenvalue weighted by atomic mass is 16.5. The van der Waals surface area contributed by atoms with Gasteiger partial charge in [0.25, 0.3) is 0 Å². The van der Waals surface area contributed by atoms with Crippen LogP contribution in [0.5, 0.6) is 5.75 Å². The van der Waals surface area contributed by atoms with Gasteiger partial charge in [0.1, 0.15) is 12.4 Å². The van der Waals surface area contributed by atoms with Gasteiger partial charge in [0, 0.05) is 25.7 Å². The molecule has 1 N–H and O–H groups in total. The van der Waals surface area contributed by atoms with E-state index in [1.165, 1.54) is 24.9 Å². The Bertz CT molecular complexity index is 384. The van der Waals surface area contributed by atoms with Crippen molar-refractivity contribution in [3.63, 3.8) is 0 Å². The van der Waals surface area contributed by atoms with Crippen LogP contribution in [-0.4, -0.2) is 37.7 Å². The van der Waals surface area contributed by atoms with E-state index in [0.29, 0.717) is 6.04 Å². The highest BCUT2D eigenvalue weighted by Crippen LogP contribution is 2.30. The molecule has 2 rings (SSSR count). The third-order valence-electron chi connectivity index (χ3n) is 3.87. The Morgan fingerprint density at radius 1 is 1.25 bits per heavy atom. The summed E-state index contributed by atoms with van der Waals surface area (Å²) in [6.45, 7) is 8.48. The fourth-order valence-corrected chi connectivity index (χ4v) is 2.38. The van der Waals surface area contributed by atoms with Gasteiger partial charge in [-0.05, 0) is 57.4 Å². The van der Waals surface area contributed by atoms with Gasteiger partial charge in [-0.15, -0.1) is 0 Å². The highest BCUT2D eigenvalue weighted by Gasteiger charge is 2.25. The quantitative estimate of drug-likeness (QED) is 0.750. The number of nitrogens with zero attached hydrogens (tertiary/aromatic N) is 1. The number of rotatable bonds is 9. The van der Waals surface area contributed by atoms with Crippen LogP contribution in [0.15, 0.2) is 24.3 Å². The molecule has 112 valence electrons. The van der Waals surface area contributed by atoms with E-state index in [2.05, 4.69) is 48.3 Å². The molecule has 0 radical (unpaired) electrons. The summed E-state index contributed by atoms with van der Waals surface area (Å²) in [6, 6.07) is 8.98. The lowest BCUT2D eigenvalue weighted by atomic mass is 10.2. The zero-order chi connectivity index (χ0) is 14.4. The molecular weight excluding hydrogens is 248 g/mol. The Morgan fingerprint density at radius 3 is 2.50 bits per heavy atom. The Balaban J connectivity index is 1.72. The lowest BCUT2D eigenvalue weighted by Gasteiger charge is -2.26. The van der Waals surface area contributed by atoms with E-state index in [-0.39, 0.29) is 0 Å². The zero-order valence-electron chi connectivity index (χ0n) is 13.1. The number of nitrogens with one attached hydrogen (secondary N) is 1. The fraction of sp³-hybridized carbons (Fsp3) is 0.647. The normalized spacial score (nSPS) is 15.1. The monoisotopic (exact) mass is 276 g/mol. The summed E-state index contributed by atoms with van der Waals surface area (Å²) in [5.41, 5.74) is 1.29. The summed E-state index contributed by atoms with van der Waals surface area (Å²) in [4.78, 5) is 2.53. The number of ether oxygens (including phenoxy) is 1. The average molecular weight is 276 g/mol. The molecule has 0 heterocycles. The second-order valence-electron chi connectivity index (χ2n) is 6.05. The first-order chi connectivity index (χ1) is 9.69. The van der Waals surface area contributed by atoms with E-state index in [4.69, 9.17) is 4.74 Å². The van der Waals surface area contributed by atoms with E-state index >= 15 is 0 Å². The minimum Gasteiger partial charge on any atom is -0.492 e. The second-order valence-corrected chi connectivity index (χ2v) is 6.05. The van der Waals surface area contributed by atoms with Crippen LogP contribution < -0.4 is 10.1 Å². The van der Waals surface area contributed by atoms with E-state index in [0.717, 1.165) is 31.4 Å². The molecule has 0 bridgehead atoms. The summed E-state index contributed by atoms with van der Waals surface area (Å²) in [7, 11) is 1.96. The van der Waals surface area contributed by atoms with E-state index in [1.54, 1.807) is 0 Å². The van der Waals surface area contributed by atoms with Crippen molar-refractivity contribution < 1.29 is 4.74 Å². The molecule has 0 atom stereocenters. The lowest BCUT2D eigenvalue weighted by molar-refractivity contribution is 0.170. The molecular formula is C17H28N2O. The minimum absolute atomic E-state index is 0.609. The molecule has 1 fully saturated rings. The Hall–Kier alpha value is -1.06. The first-order valence-corrected chi connectivity index (χ1v) is 7.79. The largest absolute Gasteiger partial charge is 0.492 e. The molecule has 1 aromatic carbocycles. The zero-order valence-corrected chi connectivity index (χ0v) is 13.1. The van der Waals surface area contributed by atoms with Crippen molar-refractivity contribution in [3.05, 3.63) is 29.8 Å². The molecule has 0 aromatic heterocycles. The summed E-state index contributed by atoms with van der Waals surface area (Å²) >= 11 is 0. The molecule has 1 aliphatic rings. The summed E-state index contributed by atoms with van der Waals surface area (Å²) < 4.78 is 5.86. The summed E-state index contributed by atoms with van der Waals surface area (Å²) in [6.07, 6.45) is 2.83. The van der Waals surface area contributed by atoms with Crippen LogP contribution in [0.3, 0.4) is 0 Å². The first-order valence-electron chi connectivity index (χ1n) is 7.79. The van der Waals surface area contributed by atoms with Crippen LogP contribution in [0.4, 0.5) is 0 Å². The predicted molar refractivity (Wildman–Crippen MR) is 84.1 cm³/mol. The smallest absolute Gasteiger partial charge is 0.119 e. The average Bonchev–Trinajstić information content (AvgIpc) is 3.24. The van der Waals surface area contributed by atoms with Gasteiger partial charge in [0.15, 0.2) is 0 Å². The number of hydrogen-bond acceptors (Lipinski definition) is 3. The van der Waals surface area contributed by atoms with Gasteiger partial charge in [0.2, 0.25) is 0 Å². The van der Waals surface area contributed by atoms with Crippen molar-refractivity contribution in [3.8, 4) is 5.75 Å². The maximum Gasteiger partial charge on any atom is 0.119 e. The SMILES string of the molecule is CNCc1ccc(OCCN(CC2CC2)C(C)C)cc1. The predicted octanol–water partition coefficient (Wildman–Crippen LogP) is 2.91. The van der Waals surface area contributed by atoms with Crippen molar-refractivity contribution in [2.75, 3.05) is 26.7 Å². The van der Waals surface area contributed by atoms with Gasteiger partial charge in [-0.3, -0.25) is 4.90 Å². The fourth-order valence-electron chi connectivity index (χ4n) is 2.38. The molecule has 0 spiro atoms. The summed E-state index contributed by atoms with van der Waals surface area (Å²) in [5.74, 6) is 1.92. The Morgan fingerprint density at radius 2 is 1.95 bits per heavy atom. The van der Waals surface area contributed by atoms with Crippen molar-refractivity contribution >= 4 is 0 Å². The molecule has 20 heavy (non-hydrogen) atoms. The van der Waals surface area contributed by atoms with Gasteiger partial charge >= 0.3 is 0 Å². The molecule has 3 nitrogen and oxygen atoms in total. The third-order valence-corrected chi connectivity index (χ3v) is 3.87. The van der Waals surface area contributed by atoms with Crippen molar-refractivity contribution in [2.45, 2.75) is 39.3 Å². The first kappa shape index (κ1) is 15.3.